The lowest BCUT2D eigenvalue weighted by Crippen LogP contribution is -2.32. The Morgan fingerprint density at radius 2 is 1.71 bits per heavy atom. The van der Waals surface area contributed by atoms with Crippen LogP contribution >= 0.6 is 11.6 Å². The van der Waals surface area contributed by atoms with E-state index in [4.69, 9.17) is 11.6 Å². The van der Waals surface area contributed by atoms with Crippen LogP contribution in [-0.2, 0) is 0 Å². The van der Waals surface area contributed by atoms with Crippen molar-refractivity contribution in [2.75, 3.05) is 4.90 Å². The van der Waals surface area contributed by atoms with Crippen molar-refractivity contribution >= 4 is 17.3 Å². The van der Waals surface area contributed by atoms with E-state index in [1.165, 1.54) is 18.5 Å². The third kappa shape index (κ3) is 1.61. The van der Waals surface area contributed by atoms with Crippen LogP contribution in [0, 0.1) is 0 Å². The summed E-state index contributed by atoms with van der Waals surface area (Å²) in [5.41, 5.74) is 1.19. The average Bonchev–Trinajstić information content (AvgIpc) is 2.48. The summed E-state index contributed by atoms with van der Waals surface area (Å²) in [6, 6.07) is 9.35. The molecule has 1 aromatic rings. The van der Waals surface area contributed by atoms with Gasteiger partial charge in [-0.25, -0.2) is 0 Å². The maximum absolute atomic E-state index is 6.19. The monoisotopic (exact) mass is 209 g/mol. The van der Waals surface area contributed by atoms with E-state index >= 15 is 0 Å². The van der Waals surface area contributed by atoms with E-state index in [0.717, 1.165) is 5.02 Å². The topological polar surface area (TPSA) is 3.24 Å². The number of rotatable bonds is 1. The first-order chi connectivity index (χ1) is 6.70. The number of halogens is 1. The third-order valence-corrected chi connectivity index (χ3v) is 3.40. The summed E-state index contributed by atoms with van der Waals surface area (Å²) in [5, 5.41) is 0.869. The number of anilines is 1. The van der Waals surface area contributed by atoms with E-state index in [9.17, 15) is 0 Å². The van der Waals surface area contributed by atoms with Crippen LogP contribution in [0.3, 0.4) is 0 Å². The second-order valence-electron chi connectivity index (χ2n) is 4.13. The minimum absolute atomic E-state index is 0.616. The van der Waals surface area contributed by atoms with Gasteiger partial charge in [0.2, 0.25) is 0 Å². The molecule has 0 bridgehead atoms. The fourth-order valence-electron chi connectivity index (χ4n) is 2.33. The first kappa shape index (κ1) is 9.85. The molecule has 0 N–H and O–H groups in total. The van der Waals surface area contributed by atoms with Crippen LogP contribution in [0.4, 0.5) is 5.69 Å². The molecule has 2 atom stereocenters. The van der Waals surface area contributed by atoms with Crippen LogP contribution in [0.25, 0.3) is 0 Å². The van der Waals surface area contributed by atoms with Gasteiger partial charge in [-0.2, -0.15) is 0 Å². The van der Waals surface area contributed by atoms with Gasteiger partial charge in [-0.3, -0.25) is 0 Å². The molecule has 1 nitrogen and oxygen atoms in total. The van der Waals surface area contributed by atoms with Crippen molar-refractivity contribution < 1.29 is 0 Å². The van der Waals surface area contributed by atoms with Crippen molar-refractivity contribution in [3.63, 3.8) is 0 Å². The molecular formula is C12H16ClN. The van der Waals surface area contributed by atoms with Crippen LogP contribution in [-0.4, -0.2) is 12.1 Å². The maximum atomic E-state index is 6.19. The van der Waals surface area contributed by atoms with E-state index < -0.39 is 0 Å². The van der Waals surface area contributed by atoms with E-state index in [2.05, 4.69) is 30.9 Å². The van der Waals surface area contributed by atoms with Crippen molar-refractivity contribution in [2.45, 2.75) is 38.8 Å². The quantitative estimate of drug-likeness (QED) is 0.682. The van der Waals surface area contributed by atoms with E-state index in [-0.39, 0.29) is 0 Å². The number of nitrogens with zero attached hydrogens (tertiary/aromatic N) is 1. The largest absolute Gasteiger partial charge is 0.365 e. The molecule has 0 aromatic heterocycles. The van der Waals surface area contributed by atoms with Gasteiger partial charge in [0.15, 0.2) is 0 Å². The SMILES string of the molecule is C[C@@H]1CC[C@H](C)N1c1ccccc1Cl. The molecule has 0 aliphatic carbocycles. The molecule has 1 fully saturated rings. The summed E-state index contributed by atoms with van der Waals surface area (Å²) in [6.45, 7) is 4.54. The Morgan fingerprint density at radius 3 is 2.29 bits per heavy atom. The van der Waals surface area contributed by atoms with Crippen LogP contribution in [0.15, 0.2) is 24.3 Å². The van der Waals surface area contributed by atoms with E-state index in [1.807, 2.05) is 12.1 Å². The summed E-state index contributed by atoms with van der Waals surface area (Å²) in [6.07, 6.45) is 2.54. The van der Waals surface area contributed by atoms with E-state index in [1.54, 1.807) is 0 Å². The second-order valence-corrected chi connectivity index (χ2v) is 4.54. The highest BCUT2D eigenvalue weighted by molar-refractivity contribution is 6.33. The lowest BCUT2D eigenvalue weighted by Gasteiger charge is -2.29. The number of hydrogen-bond acceptors (Lipinski definition) is 1. The summed E-state index contributed by atoms with van der Waals surface area (Å²) < 4.78 is 0. The Bertz CT molecular complexity index is 314. The predicted octanol–water partition coefficient (Wildman–Crippen LogP) is 3.72. The highest BCUT2D eigenvalue weighted by Gasteiger charge is 2.28. The van der Waals surface area contributed by atoms with Crippen molar-refractivity contribution in [1.82, 2.24) is 0 Å². The lowest BCUT2D eigenvalue weighted by atomic mass is 10.2. The molecule has 0 unspecified atom stereocenters. The molecule has 76 valence electrons. The molecule has 0 spiro atoms. The Kier molecular flexibility index (Phi) is 2.69. The summed E-state index contributed by atoms with van der Waals surface area (Å²) >= 11 is 6.19. The zero-order valence-corrected chi connectivity index (χ0v) is 9.46. The molecule has 1 aromatic carbocycles. The molecule has 14 heavy (non-hydrogen) atoms. The fraction of sp³-hybridized carbons (Fsp3) is 0.500. The van der Waals surface area contributed by atoms with Gasteiger partial charge in [0, 0.05) is 12.1 Å². The second kappa shape index (κ2) is 3.82. The molecule has 1 aliphatic rings. The standard InChI is InChI=1S/C12H16ClN/c1-9-7-8-10(2)14(9)12-6-4-3-5-11(12)13/h3-6,9-10H,7-8H2,1-2H3/t9-,10+. The van der Waals surface area contributed by atoms with Crippen LogP contribution in [0.1, 0.15) is 26.7 Å². The highest BCUT2D eigenvalue weighted by atomic mass is 35.5. The summed E-state index contributed by atoms with van der Waals surface area (Å²) in [5.74, 6) is 0. The highest BCUT2D eigenvalue weighted by Crippen LogP contribution is 2.34. The third-order valence-electron chi connectivity index (χ3n) is 3.08. The molecular weight excluding hydrogens is 194 g/mol. The van der Waals surface area contributed by atoms with Crippen LogP contribution in [0.2, 0.25) is 5.02 Å². The van der Waals surface area contributed by atoms with Crippen LogP contribution in [0.5, 0.6) is 0 Å². The summed E-state index contributed by atoms with van der Waals surface area (Å²) in [4.78, 5) is 2.43. The number of para-hydroxylation sites is 1. The molecule has 2 rings (SSSR count). The predicted molar refractivity (Wildman–Crippen MR) is 62.1 cm³/mol. The van der Waals surface area contributed by atoms with Gasteiger partial charge in [0.1, 0.15) is 0 Å². The number of hydrogen-bond donors (Lipinski definition) is 0. The van der Waals surface area contributed by atoms with Crippen LogP contribution < -0.4 is 4.90 Å². The fourth-order valence-corrected chi connectivity index (χ4v) is 2.56. The zero-order valence-electron chi connectivity index (χ0n) is 8.70. The average molecular weight is 210 g/mol. The smallest absolute Gasteiger partial charge is 0.0639 e. The summed E-state index contributed by atoms with van der Waals surface area (Å²) in [7, 11) is 0. The zero-order chi connectivity index (χ0) is 10.1. The molecule has 1 aliphatic heterocycles. The van der Waals surface area contributed by atoms with E-state index in [0.29, 0.717) is 12.1 Å². The first-order valence-corrected chi connectivity index (χ1v) is 5.61. The Morgan fingerprint density at radius 1 is 1.14 bits per heavy atom. The van der Waals surface area contributed by atoms with Crippen molar-refractivity contribution in [1.29, 1.82) is 0 Å². The lowest BCUT2D eigenvalue weighted by molar-refractivity contribution is 0.694. The van der Waals surface area contributed by atoms with Gasteiger partial charge in [0.05, 0.1) is 10.7 Å². The molecule has 0 saturated carbocycles. The normalized spacial score (nSPS) is 26.9. The van der Waals surface area contributed by atoms with Gasteiger partial charge < -0.3 is 4.90 Å². The Hall–Kier alpha value is -0.690. The minimum Gasteiger partial charge on any atom is -0.365 e. The Balaban J connectivity index is 2.34. The molecule has 1 saturated heterocycles. The van der Waals surface area contributed by atoms with Crippen molar-refractivity contribution in [2.24, 2.45) is 0 Å². The molecule has 2 heteroatoms. The molecule has 1 heterocycles. The van der Waals surface area contributed by atoms with Crippen molar-refractivity contribution in [3.8, 4) is 0 Å². The number of benzene rings is 1. The van der Waals surface area contributed by atoms with Gasteiger partial charge in [-0.1, -0.05) is 23.7 Å². The van der Waals surface area contributed by atoms with Gasteiger partial charge >= 0.3 is 0 Å². The maximum Gasteiger partial charge on any atom is 0.0639 e. The Labute approximate surface area is 90.7 Å². The molecule has 0 radical (unpaired) electrons. The minimum atomic E-state index is 0.616. The molecule has 0 amide bonds. The van der Waals surface area contributed by atoms with Gasteiger partial charge in [0.25, 0.3) is 0 Å². The van der Waals surface area contributed by atoms with Gasteiger partial charge in [-0.05, 0) is 38.8 Å². The van der Waals surface area contributed by atoms with Crippen molar-refractivity contribution in [3.05, 3.63) is 29.3 Å². The first-order valence-electron chi connectivity index (χ1n) is 5.23. The van der Waals surface area contributed by atoms with Gasteiger partial charge in [-0.15, -0.1) is 0 Å².